The topological polar surface area (TPSA) is 108 Å². The van der Waals surface area contributed by atoms with Gasteiger partial charge in [0.2, 0.25) is 0 Å². The molecule has 0 aliphatic rings. The van der Waals surface area contributed by atoms with Crippen molar-refractivity contribution in [2.45, 2.75) is 39.7 Å². The van der Waals surface area contributed by atoms with Crippen LogP contribution in [0.5, 0.6) is 0 Å². The first-order valence-corrected chi connectivity index (χ1v) is 7.92. The van der Waals surface area contributed by atoms with E-state index < -0.39 is 0 Å². The van der Waals surface area contributed by atoms with E-state index in [2.05, 4.69) is 44.0 Å². The van der Waals surface area contributed by atoms with E-state index in [0.29, 0.717) is 11.5 Å². The molecule has 0 aliphatic heterocycles. The largest absolute Gasteiger partial charge is 0.382 e. The van der Waals surface area contributed by atoms with Gasteiger partial charge in [0, 0.05) is 13.1 Å². The molecule has 0 saturated heterocycles. The predicted molar refractivity (Wildman–Crippen MR) is 88.9 cm³/mol. The Bertz CT molecular complexity index is 792. The maximum absolute atomic E-state index is 5.82. The van der Waals surface area contributed by atoms with Crippen LogP contribution >= 0.6 is 0 Å². The zero-order valence-electron chi connectivity index (χ0n) is 13.4. The molecule has 3 aromatic rings. The molecule has 8 nitrogen and oxygen atoms in total. The molecule has 0 unspecified atom stereocenters. The van der Waals surface area contributed by atoms with Crippen molar-refractivity contribution in [1.82, 2.24) is 24.8 Å². The number of nitrogens with zero attached hydrogens (tertiary/aromatic N) is 5. The first kappa shape index (κ1) is 15.3. The lowest BCUT2D eigenvalue weighted by atomic mass is 10.2. The summed E-state index contributed by atoms with van der Waals surface area (Å²) in [5.41, 5.74) is 9.04. The molecule has 0 aromatic carbocycles. The first-order valence-electron chi connectivity index (χ1n) is 7.92. The molecule has 0 radical (unpaired) electrons. The lowest BCUT2D eigenvalue weighted by Gasteiger charge is -2.10. The first-order chi connectivity index (χ1) is 11.3. The van der Waals surface area contributed by atoms with Gasteiger partial charge < -0.3 is 15.6 Å². The standard InChI is InChI=1S/C15H21N7O/c1-3-5-6-7-18-10-8-17-9-11-13(10)22(4-2)15(19-11)12-14(16)21-23-20-12/h8-9,18H,3-7H2,1-2H3,(H2,16,21). The number of aromatic nitrogens is 5. The molecule has 3 rings (SSSR count). The van der Waals surface area contributed by atoms with Crippen LogP contribution < -0.4 is 11.1 Å². The van der Waals surface area contributed by atoms with Gasteiger partial charge in [0.05, 0.1) is 23.6 Å². The van der Waals surface area contributed by atoms with E-state index in [4.69, 9.17) is 10.4 Å². The van der Waals surface area contributed by atoms with E-state index in [-0.39, 0.29) is 5.82 Å². The second-order valence-corrected chi connectivity index (χ2v) is 5.37. The Morgan fingerprint density at radius 3 is 2.78 bits per heavy atom. The van der Waals surface area contributed by atoms with Crippen LogP contribution in [0.2, 0.25) is 0 Å². The van der Waals surface area contributed by atoms with Crippen molar-refractivity contribution in [2.75, 3.05) is 17.6 Å². The zero-order valence-corrected chi connectivity index (χ0v) is 13.4. The fourth-order valence-corrected chi connectivity index (χ4v) is 2.66. The number of aryl methyl sites for hydroxylation is 1. The molecule has 0 amide bonds. The number of nitrogens with one attached hydrogen (secondary N) is 1. The highest BCUT2D eigenvalue weighted by Crippen LogP contribution is 2.30. The molecule has 3 N–H and O–H groups in total. The lowest BCUT2D eigenvalue weighted by molar-refractivity contribution is 0.310. The minimum Gasteiger partial charge on any atom is -0.382 e. The Hall–Kier alpha value is -2.64. The maximum atomic E-state index is 5.82. The van der Waals surface area contributed by atoms with Gasteiger partial charge in [0.25, 0.3) is 0 Å². The monoisotopic (exact) mass is 315 g/mol. The van der Waals surface area contributed by atoms with E-state index in [1.165, 1.54) is 12.8 Å². The highest BCUT2D eigenvalue weighted by atomic mass is 16.6. The molecule has 0 spiro atoms. The number of imidazole rings is 1. The Morgan fingerprint density at radius 2 is 2.09 bits per heavy atom. The van der Waals surface area contributed by atoms with Crippen molar-refractivity contribution >= 4 is 22.5 Å². The zero-order chi connectivity index (χ0) is 16.2. The molecule has 0 fully saturated rings. The SMILES string of the molecule is CCCCCNc1cncc2nc(-c3nonc3N)n(CC)c12. The lowest BCUT2D eigenvalue weighted by Crippen LogP contribution is -2.05. The molecule has 0 atom stereocenters. The van der Waals surface area contributed by atoms with Gasteiger partial charge in [-0.25, -0.2) is 9.61 Å². The molecule has 0 bridgehead atoms. The summed E-state index contributed by atoms with van der Waals surface area (Å²) in [5.74, 6) is 0.881. The van der Waals surface area contributed by atoms with E-state index >= 15 is 0 Å². The van der Waals surface area contributed by atoms with Crippen molar-refractivity contribution in [1.29, 1.82) is 0 Å². The Balaban J connectivity index is 2.03. The number of rotatable bonds is 7. The van der Waals surface area contributed by atoms with Crippen molar-refractivity contribution < 1.29 is 4.63 Å². The Kier molecular flexibility index (Phi) is 4.40. The molecule has 0 saturated carbocycles. The quantitative estimate of drug-likeness (QED) is 0.645. The third kappa shape index (κ3) is 2.84. The van der Waals surface area contributed by atoms with E-state index in [1.807, 2.05) is 6.20 Å². The van der Waals surface area contributed by atoms with E-state index in [9.17, 15) is 0 Å². The normalized spacial score (nSPS) is 11.2. The molecule has 0 aliphatic carbocycles. The summed E-state index contributed by atoms with van der Waals surface area (Å²) in [5, 5.41) is 11.0. The van der Waals surface area contributed by atoms with Crippen LogP contribution in [-0.4, -0.2) is 31.4 Å². The van der Waals surface area contributed by atoms with Crippen molar-refractivity contribution in [3.8, 4) is 11.5 Å². The third-order valence-corrected chi connectivity index (χ3v) is 3.79. The fraction of sp³-hybridized carbons (Fsp3) is 0.467. The second-order valence-electron chi connectivity index (χ2n) is 5.37. The highest BCUT2D eigenvalue weighted by molar-refractivity contribution is 5.90. The van der Waals surface area contributed by atoms with Gasteiger partial charge in [-0.05, 0) is 23.7 Å². The number of unbranched alkanes of at least 4 members (excludes halogenated alkanes) is 2. The van der Waals surface area contributed by atoms with Crippen LogP contribution in [0.3, 0.4) is 0 Å². The summed E-state index contributed by atoms with van der Waals surface area (Å²) < 4.78 is 6.76. The summed E-state index contributed by atoms with van der Waals surface area (Å²) in [7, 11) is 0. The van der Waals surface area contributed by atoms with E-state index in [1.54, 1.807) is 6.20 Å². The second kappa shape index (κ2) is 6.64. The van der Waals surface area contributed by atoms with Crippen LogP contribution in [-0.2, 0) is 6.54 Å². The van der Waals surface area contributed by atoms with Gasteiger partial charge in [-0.15, -0.1) is 0 Å². The third-order valence-electron chi connectivity index (χ3n) is 3.79. The number of nitrogen functional groups attached to an aromatic ring is 1. The average molecular weight is 315 g/mol. The number of pyridine rings is 1. The Labute approximate surface area is 134 Å². The summed E-state index contributed by atoms with van der Waals surface area (Å²) in [6.45, 7) is 5.88. The van der Waals surface area contributed by atoms with Crippen molar-refractivity contribution in [3.05, 3.63) is 12.4 Å². The summed E-state index contributed by atoms with van der Waals surface area (Å²) in [6.07, 6.45) is 7.10. The minimum absolute atomic E-state index is 0.237. The predicted octanol–water partition coefficient (Wildman–Crippen LogP) is 2.69. The van der Waals surface area contributed by atoms with Gasteiger partial charge >= 0.3 is 0 Å². The molecule has 3 heterocycles. The van der Waals surface area contributed by atoms with Crippen LogP contribution in [0, 0.1) is 0 Å². The number of nitrogens with two attached hydrogens (primary N) is 1. The molecule has 122 valence electrons. The van der Waals surface area contributed by atoms with Crippen LogP contribution in [0.1, 0.15) is 33.1 Å². The summed E-state index contributed by atoms with van der Waals surface area (Å²) >= 11 is 0. The fourth-order valence-electron chi connectivity index (χ4n) is 2.66. The number of fused-ring (bicyclic) bond motifs is 1. The van der Waals surface area contributed by atoms with Crippen LogP contribution in [0.15, 0.2) is 17.0 Å². The maximum Gasteiger partial charge on any atom is 0.199 e. The smallest absolute Gasteiger partial charge is 0.199 e. The van der Waals surface area contributed by atoms with Gasteiger partial charge in [0.15, 0.2) is 17.3 Å². The van der Waals surface area contributed by atoms with Crippen molar-refractivity contribution in [3.63, 3.8) is 0 Å². The Morgan fingerprint density at radius 1 is 1.22 bits per heavy atom. The highest BCUT2D eigenvalue weighted by Gasteiger charge is 2.20. The molecule has 8 heteroatoms. The summed E-state index contributed by atoms with van der Waals surface area (Å²) in [4.78, 5) is 8.88. The van der Waals surface area contributed by atoms with Crippen molar-refractivity contribution in [2.24, 2.45) is 0 Å². The number of hydrogen-bond acceptors (Lipinski definition) is 7. The van der Waals surface area contributed by atoms with Gasteiger partial charge in [0.1, 0.15) is 5.52 Å². The van der Waals surface area contributed by atoms with Crippen LogP contribution in [0.25, 0.3) is 22.6 Å². The average Bonchev–Trinajstić information content (AvgIpc) is 3.14. The van der Waals surface area contributed by atoms with Crippen LogP contribution in [0.4, 0.5) is 11.5 Å². The molecular weight excluding hydrogens is 294 g/mol. The van der Waals surface area contributed by atoms with Gasteiger partial charge in [-0.1, -0.05) is 19.8 Å². The van der Waals surface area contributed by atoms with Gasteiger partial charge in [-0.3, -0.25) is 4.98 Å². The summed E-state index contributed by atoms with van der Waals surface area (Å²) in [6, 6.07) is 0. The molecule has 3 aromatic heterocycles. The van der Waals surface area contributed by atoms with Gasteiger partial charge in [-0.2, -0.15) is 0 Å². The number of hydrogen-bond donors (Lipinski definition) is 2. The molecule has 23 heavy (non-hydrogen) atoms. The molecular formula is C15H21N7O. The number of anilines is 2. The minimum atomic E-state index is 0.237. The van der Waals surface area contributed by atoms with E-state index in [0.717, 1.165) is 36.2 Å².